The van der Waals surface area contributed by atoms with Crippen LogP contribution in [0.15, 0.2) is 54.1 Å². The minimum absolute atomic E-state index is 0.00221. The van der Waals surface area contributed by atoms with Crippen molar-refractivity contribution in [1.29, 1.82) is 0 Å². The molecule has 138 valence electrons. The molecule has 0 radical (unpaired) electrons. The van der Waals surface area contributed by atoms with Crippen molar-refractivity contribution in [3.05, 3.63) is 76.4 Å². The van der Waals surface area contributed by atoms with Crippen molar-refractivity contribution in [2.45, 2.75) is 19.8 Å². The van der Waals surface area contributed by atoms with Gasteiger partial charge >= 0.3 is 6.03 Å². The Morgan fingerprint density at radius 3 is 2.04 bits per heavy atom. The van der Waals surface area contributed by atoms with Crippen LogP contribution in [0.2, 0.25) is 0 Å². The van der Waals surface area contributed by atoms with Crippen LogP contribution in [0.5, 0.6) is 0 Å². The van der Waals surface area contributed by atoms with Crippen LogP contribution in [0.4, 0.5) is 4.79 Å². The number of nitrogens with zero attached hydrogens (tertiary/aromatic N) is 2. The molecule has 0 saturated carbocycles. The molecule has 3 rings (SSSR count). The molecule has 0 aliphatic carbocycles. The zero-order valence-electron chi connectivity index (χ0n) is 15.7. The Morgan fingerprint density at radius 1 is 0.815 bits per heavy atom. The standard InChI is InChI=1S/C22H22N2O3/c1-15-8-10-16(11-9-15)12-13-17-6-4-5-7-18(17)14-19-20(25)23(2)22(27)24(3)21(19)26/h4-11,14H,12-13H2,1-3H3. The fourth-order valence-electron chi connectivity index (χ4n) is 3.07. The number of barbiturate groups is 1. The van der Waals surface area contributed by atoms with E-state index in [0.29, 0.717) is 0 Å². The Labute approximate surface area is 158 Å². The number of rotatable bonds is 4. The summed E-state index contributed by atoms with van der Waals surface area (Å²) in [5.41, 5.74) is 4.33. The first-order valence-corrected chi connectivity index (χ1v) is 8.83. The lowest BCUT2D eigenvalue weighted by Gasteiger charge is -2.29. The van der Waals surface area contributed by atoms with Crippen LogP contribution in [-0.4, -0.2) is 41.7 Å². The van der Waals surface area contributed by atoms with E-state index in [1.165, 1.54) is 25.2 Å². The van der Waals surface area contributed by atoms with Gasteiger partial charge in [0.05, 0.1) is 0 Å². The van der Waals surface area contributed by atoms with E-state index in [2.05, 4.69) is 31.2 Å². The van der Waals surface area contributed by atoms with Gasteiger partial charge in [0.1, 0.15) is 5.57 Å². The molecule has 0 unspecified atom stereocenters. The van der Waals surface area contributed by atoms with Gasteiger partial charge < -0.3 is 0 Å². The molecular formula is C22H22N2O3. The van der Waals surface area contributed by atoms with Crippen LogP contribution >= 0.6 is 0 Å². The largest absolute Gasteiger partial charge is 0.333 e. The van der Waals surface area contributed by atoms with Crippen molar-refractivity contribution >= 4 is 23.9 Å². The molecule has 0 aromatic heterocycles. The number of benzene rings is 2. The molecule has 1 aliphatic heterocycles. The molecule has 2 aromatic rings. The lowest BCUT2D eigenvalue weighted by molar-refractivity contribution is -0.134. The van der Waals surface area contributed by atoms with Crippen LogP contribution in [-0.2, 0) is 22.4 Å². The minimum Gasteiger partial charge on any atom is -0.268 e. The third-order valence-corrected chi connectivity index (χ3v) is 4.80. The maximum Gasteiger partial charge on any atom is 0.333 e. The molecule has 0 spiro atoms. The number of hydrogen-bond acceptors (Lipinski definition) is 3. The van der Waals surface area contributed by atoms with Gasteiger partial charge in [-0.1, -0.05) is 54.1 Å². The van der Waals surface area contributed by atoms with E-state index in [-0.39, 0.29) is 5.57 Å². The zero-order chi connectivity index (χ0) is 19.6. The summed E-state index contributed by atoms with van der Waals surface area (Å²) in [4.78, 5) is 38.6. The Kier molecular flexibility index (Phi) is 5.21. The fraction of sp³-hybridized carbons (Fsp3) is 0.227. The first kappa shape index (κ1) is 18.6. The molecule has 27 heavy (non-hydrogen) atoms. The van der Waals surface area contributed by atoms with Gasteiger partial charge in [0.25, 0.3) is 11.8 Å². The predicted octanol–water partition coefficient (Wildman–Crippen LogP) is 3.21. The Bertz CT molecular complexity index is 903. The van der Waals surface area contributed by atoms with Crippen LogP contribution < -0.4 is 0 Å². The average Bonchev–Trinajstić information content (AvgIpc) is 2.68. The number of imide groups is 2. The van der Waals surface area contributed by atoms with Gasteiger partial charge in [-0.3, -0.25) is 19.4 Å². The fourth-order valence-corrected chi connectivity index (χ4v) is 3.07. The Morgan fingerprint density at radius 2 is 1.41 bits per heavy atom. The van der Waals surface area contributed by atoms with E-state index in [0.717, 1.165) is 33.8 Å². The highest BCUT2D eigenvalue weighted by Crippen LogP contribution is 2.21. The summed E-state index contributed by atoms with van der Waals surface area (Å²) < 4.78 is 0. The van der Waals surface area contributed by atoms with Crippen LogP contribution in [0.3, 0.4) is 0 Å². The van der Waals surface area contributed by atoms with Crippen LogP contribution in [0.25, 0.3) is 6.08 Å². The molecule has 5 nitrogen and oxygen atoms in total. The minimum atomic E-state index is -0.616. The van der Waals surface area contributed by atoms with Crippen LogP contribution in [0.1, 0.15) is 22.3 Å². The molecule has 1 saturated heterocycles. The molecule has 4 amide bonds. The lowest BCUT2D eigenvalue weighted by Crippen LogP contribution is -2.52. The SMILES string of the molecule is Cc1ccc(CCc2ccccc2C=C2C(=O)N(C)C(=O)N(C)C2=O)cc1. The second-order valence-corrected chi connectivity index (χ2v) is 6.75. The molecule has 1 fully saturated rings. The Hall–Kier alpha value is -3.21. The van der Waals surface area contributed by atoms with Crippen molar-refractivity contribution < 1.29 is 14.4 Å². The van der Waals surface area contributed by atoms with Crippen molar-refractivity contribution in [2.24, 2.45) is 0 Å². The van der Waals surface area contributed by atoms with E-state index < -0.39 is 17.8 Å². The third kappa shape index (κ3) is 3.82. The molecule has 5 heteroatoms. The van der Waals surface area contributed by atoms with Gasteiger partial charge in [-0.15, -0.1) is 0 Å². The van der Waals surface area contributed by atoms with Gasteiger partial charge in [0.2, 0.25) is 0 Å². The first-order chi connectivity index (χ1) is 12.9. The predicted molar refractivity (Wildman–Crippen MR) is 104 cm³/mol. The summed E-state index contributed by atoms with van der Waals surface area (Å²) in [6.45, 7) is 2.06. The first-order valence-electron chi connectivity index (χ1n) is 8.83. The van der Waals surface area contributed by atoms with Crippen molar-refractivity contribution in [2.75, 3.05) is 14.1 Å². The number of likely N-dealkylation sites (N-methyl/N-ethyl adjacent to an activating group) is 2. The summed E-state index contributed by atoms with van der Waals surface area (Å²) in [7, 11) is 2.76. The number of carbonyl (C=O) groups excluding carboxylic acids is 3. The zero-order valence-corrected chi connectivity index (χ0v) is 15.7. The number of aryl methyl sites for hydroxylation is 3. The summed E-state index contributed by atoms with van der Waals surface area (Å²) in [6, 6.07) is 15.5. The molecule has 0 bridgehead atoms. The maximum atomic E-state index is 12.4. The summed E-state index contributed by atoms with van der Waals surface area (Å²) >= 11 is 0. The monoisotopic (exact) mass is 362 g/mol. The van der Waals surface area contributed by atoms with E-state index in [1.54, 1.807) is 6.08 Å². The summed E-state index contributed by atoms with van der Waals surface area (Å²) in [5.74, 6) is -1.15. The molecule has 1 aliphatic rings. The maximum absolute atomic E-state index is 12.4. The summed E-state index contributed by atoms with van der Waals surface area (Å²) in [5, 5.41) is 0. The van der Waals surface area contributed by atoms with E-state index in [4.69, 9.17) is 0 Å². The number of amides is 4. The molecular weight excluding hydrogens is 340 g/mol. The third-order valence-electron chi connectivity index (χ3n) is 4.80. The molecule has 1 heterocycles. The second kappa shape index (κ2) is 7.58. The van der Waals surface area contributed by atoms with Gasteiger partial charge in [-0.25, -0.2) is 4.79 Å². The van der Waals surface area contributed by atoms with Gasteiger partial charge in [0, 0.05) is 14.1 Å². The van der Waals surface area contributed by atoms with Gasteiger partial charge in [-0.05, 0) is 42.5 Å². The number of hydrogen-bond donors (Lipinski definition) is 0. The van der Waals surface area contributed by atoms with Gasteiger partial charge in [0.15, 0.2) is 0 Å². The highest BCUT2D eigenvalue weighted by molar-refractivity contribution is 6.30. The molecule has 0 atom stereocenters. The van der Waals surface area contributed by atoms with Crippen molar-refractivity contribution in [1.82, 2.24) is 9.80 Å². The quantitative estimate of drug-likeness (QED) is 0.620. The average molecular weight is 362 g/mol. The Balaban J connectivity index is 1.88. The smallest absolute Gasteiger partial charge is 0.268 e. The lowest BCUT2D eigenvalue weighted by atomic mass is 9.97. The van der Waals surface area contributed by atoms with Crippen molar-refractivity contribution in [3.63, 3.8) is 0 Å². The van der Waals surface area contributed by atoms with Gasteiger partial charge in [-0.2, -0.15) is 0 Å². The summed E-state index contributed by atoms with van der Waals surface area (Å²) in [6.07, 6.45) is 3.24. The topological polar surface area (TPSA) is 57.7 Å². The highest BCUT2D eigenvalue weighted by Gasteiger charge is 2.37. The van der Waals surface area contributed by atoms with E-state index in [1.807, 2.05) is 24.3 Å². The van der Waals surface area contributed by atoms with E-state index >= 15 is 0 Å². The normalized spacial score (nSPS) is 14.8. The van der Waals surface area contributed by atoms with Crippen molar-refractivity contribution in [3.8, 4) is 0 Å². The molecule has 2 aromatic carbocycles. The highest BCUT2D eigenvalue weighted by atomic mass is 16.2. The number of carbonyl (C=O) groups is 3. The van der Waals surface area contributed by atoms with E-state index in [9.17, 15) is 14.4 Å². The molecule has 0 N–H and O–H groups in total. The number of urea groups is 1. The second-order valence-electron chi connectivity index (χ2n) is 6.75. The van der Waals surface area contributed by atoms with Crippen LogP contribution in [0, 0.1) is 6.92 Å².